The molecule has 1 aliphatic heterocycles. The fourth-order valence-corrected chi connectivity index (χ4v) is 3.65. The minimum absolute atomic E-state index is 0.246. The molecule has 6 heteroatoms. The van der Waals surface area contributed by atoms with Crippen LogP contribution in [-0.2, 0) is 20.9 Å². The lowest BCUT2D eigenvalue weighted by Gasteiger charge is -2.32. The van der Waals surface area contributed by atoms with Crippen molar-refractivity contribution in [2.75, 3.05) is 7.11 Å². The zero-order chi connectivity index (χ0) is 20.1. The zero-order valence-corrected chi connectivity index (χ0v) is 17.6. The van der Waals surface area contributed by atoms with Crippen molar-refractivity contribution in [2.45, 2.75) is 20.5 Å². The van der Waals surface area contributed by atoms with E-state index in [4.69, 9.17) is 9.47 Å². The number of methoxy groups -OCH3 is 1. The Balaban J connectivity index is 2.21. The first kappa shape index (κ1) is 19.9. The van der Waals surface area contributed by atoms with Gasteiger partial charge in [-0.2, -0.15) is 5.10 Å². The molecule has 0 atom stereocenters. The number of fused-ring (bicyclic) bond motifs is 1. The Morgan fingerprint density at radius 3 is 2.54 bits per heavy atom. The van der Waals surface area contributed by atoms with Gasteiger partial charge in [-0.3, -0.25) is 0 Å². The predicted octanol–water partition coefficient (Wildman–Crippen LogP) is 5.19. The normalized spacial score (nSPS) is 15.1. The van der Waals surface area contributed by atoms with Crippen LogP contribution in [0.2, 0.25) is 0 Å². The monoisotopic (exact) mass is 440 g/mol. The van der Waals surface area contributed by atoms with Crippen molar-refractivity contribution in [2.24, 2.45) is 5.10 Å². The summed E-state index contributed by atoms with van der Waals surface area (Å²) in [7, 11) is 1.35. The van der Waals surface area contributed by atoms with Crippen molar-refractivity contribution in [3.05, 3.63) is 81.5 Å². The van der Waals surface area contributed by atoms with E-state index in [-0.39, 0.29) is 5.70 Å². The molecule has 1 heterocycles. The second-order valence-electron chi connectivity index (χ2n) is 5.97. The van der Waals surface area contributed by atoms with Crippen molar-refractivity contribution in [1.29, 1.82) is 0 Å². The molecule has 1 aliphatic rings. The Labute approximate surface area is 173 Å². The molecule has 5 nitrogen and oxygen atoms in total. The molecule has 0 spiro atoms. The van der Waals surface area contributed by atoms with Gasteiger partial charge in [0.2, 0.25) is 0 Å². The van der Waals surface area contributed by atoms with Crippen molar-refractivity contribution in [1.82, 2.24) is 5.01 Å². The van der Waals surface area contributed by atoms with Gasteiger partial charge in [0.05, 0.1) is 12.8 Å². The van der Waals surface area contributed by atoms with E-state index in [2.05, 4.69) is 21.0 Å². The molecular weight excluding hydrogens is 420 g/mol. The van der Waals surface area contributed by atoms with Gasteiger partial charge in [-0.25, -0.2) is 9.80 Å². The second kappa shape index (κ2) is 8.89. The molecule has 0 bridgehead atoms. The van der Waals surface area contributed by atoms with Gasteiger partial charge < -0.3 is 9.47 Å². The van der Waals surface area contributed by atoms with Crippen molar-refractivity contribution in [3.63, 3.8) is 0 Å². The van der Waals surface area contributed by atoms with Crippen LogP contribution in [0.25, 0.3) is 11.5 Å². The number of hydrazone groups is 1. The number of ether oxygens (including phenoxy) is 2. The largest absolute Gasteiger partial charge is 0.486 e. The van der Waals surface area contributed by atoms with Crippen LogP contribution in [0.15, 0.2) is 69.9 Å². The van der Waals surface area contributed by atoms with E-state index in [0.717, 1.165) is 26.9 Å². The number of halogens is 1. The topological polar surface area (TPSA) is 51.1 Å². The van der Waals surface area contributed by atoms with Crippen molar-refractivity contribution in [3.8, 4) is 0 Å². The summed E-state index contributed by atoms with van der Waals surface area (Å²) in [5, 5.41) is 5.98. The average Bonchev–Trinajstić information content (AvgIpc) is 2.72. The highest BCUT2D eigenvalue weighted by molar-refractivity contribution is 9.10. The summed E-state index contributed by atoms with van der Waals surface area (Å²) in [4.78, 5) is 12.7. The van der Waals surface area contributed by atoms with E-state index in [0.29, 0.717) is 12.4 Å². The minimum atomic E-state index is -0.515. The summed E-state index contributed by atoms with van der Waals surface area (Å²) >= 11 is 3.63. The summed E-state index contributed by atoms with van der Waals surface area (Å²) in [5.74, 6) is -0.0816. The zero-order valence-electron chi connectivity index (χ0n) is 16.0. The Morgan fingerprint density at radius 2 is 1.89 bits per heavy atom. The van der Waals surface area contributed by atoms with Crippen LogP contribution in [0.4, 0.5) is 0 Å². The summed E-state index contributed by atoms with van der Waals surface area (Å²) in [6.45, 7) is 4.02. The second-order valence-corrected chi connectivity index (χ2v) is 6.82. The molecule has 28 heavy (non-hydrogen) atoms. The number of hydrogen-bond donors (Lipinski definition) is 0. The van der Waals surface area contributed by atoms with Gasteiger partial charge in [0.1, 0.15) is 6.61 Å². The first-order chi connectivity index (χ1) is 13.6. The smallest absolute Gasteiger partial charge is 0.360 e. The van der Waals surface area contributed by atoms with Crippen LogP contribution >= 0.6 is 15.9 Å². The highest BCUT2D eigenvalue weighted by atomic mass is 79.9. The van der Waals surface area contributed by atoms with Gasteiger partial charge in [0.15, 0.2) is 11.5 Å². The SMILES string of the molecule is C/C=N\N1C(C(=O)OC)=C(OCc2ccccc2)c2cccc(Br)c2/C1=C\C. The Kier molecular flexibility index (Phi) is 6.31. The van der Waals surface area contributed by atoms with E-state index in [1.165, 1.54) is 7.11 Å². The van der Waals surface area contributed by atoms with Gasteiger partial charge in [0, 0.05) is 21.8 Å². The third-order valence-corrected chi connectivity index (χ3v) is 4.94. The first-order valence-corrected chi connectivity index (χ1v) is 9.65. The Hall–Kier alpha value is -2.86. The van der Waals surface area contributed by atoms with Crippen LogP contribution < -0.4 is 0 Å². The molecule has 0 unspecified atom stereocenters. The van der Waals surface area contributed by atoms with E-state index in [9.17, 15) is 4.79 Å². The van der Waals surface area contributed by atoms with E-state index in [1.54, 1.807) is 18.1 Å². The first-order valence-electron chi connectivity index (χ1n) is 8.86. The summed E-state index contributed by atoms with van der Waals surface area (Å²) in [6.07, 6.45) is 3.54. The molecule has 0 saturated heterocycles. The van der Waals surface area contributed by atoms with Crippen molar-refractivity contribution < 1.29 is 14.3 Å². The molecule has 2 aromatic rings. The number of allylic oxidation sites excluding steroid dienone is 1. The van der Waals surface area contributed by atoms with Gasteiger partial charge in [-0.1, -0.05) is 64.5 Å². The summed E-state index contributed by atoms with van der Waals surface area (Å²) in [6, 6.07) is 15.6. The highest BCUT2D eigenvalue weighted by Crippen LogP contribution is 2.43. The number of carbonyl (C=O) groups is 1. The molecule has 0 fully saturated rings. The lowest BCUT2D eigenvalue weighted by molar-refractivity contribution is -0.137. The number of hydrogen-bond acceptors (Lipinski definition) is 5. The summed E-state index contributed by atoms with van der Waals surface area (Å²) < 4.78 is 12.1. The third-order valence-electron chi connectivity index (χ3n) is 4.28. The van der Waals surface area contributed by atoms with E-state index >= 15 is 0 Å². The average molecular weight is 441 g/mol. The van der Waals surface area contributed by atoms with Crippen LogP contribution in [0.5, 0.6) is 0 Å². The number of esters is 1. The lowest BCUT2D eigenvalue weighted by Crippen LogP contribution is -2.29. The van der Waals surface area contributed by atoms with Crippen LogP contribution in [0, 0.1) is 0 Å². The van der Waals surface area contributed by atoms with Gasteiger partial charge in [-0.05, 0) is 25.5 Å². The van der Waals surface area contributed by atoms with Crippen LogP contribution in [-0.4, -0.2) is 24.3 Å². The van der Waals surface area contributed by atoms with Crippen LogP contribution in [0.3, 0.4) is 0 Å². The number of nitrogens with zero attached hydrogens (tertiary/aromatic N) is 2. The molecule has 0 saturated carbocycles. The van der Waals surface area contributed by atoms with Crippen LogP contribution in [0.1, 0.15) is 30.5 Å². The molecule has 2 aromatic carbocycles. The molecule has 144 valence electrons. The molecule has 3 rings (SSSR count). The summed E-state index contributed by atoms with van der Waals surface area (Å²) in [5.41, 5.74) is 3.73. The molecule has 0 aliphatic carbocycles. The predicted molar refractivity (Wildman–Crippen MR) is 114 cm³/mol. The van der Waals surface area contributed by atoms with Gasteiger partial charge in [0.25, 0.3) is 0 Å². The Bertz CT molecular complexity index is 965. The van der Waals surface area contributed by atoms with E-state index < -0.39 is 5.97 Å². The quantitative estimate of drug-likeness (QED) is 0.474. The maximum absolute atomic E-state index is 12.7. The lowest BCUT2D eigenvalue weighted by atomic mass is 9.96. The number of rotatable bonds is 5. The standard InChI is InChI=1S/C22H21BrN2O3/c1-4-18-19-16(12-9-13-17(19)23)21(28-14-15-10-7-6-8-11-15)20(22(26)27-3)25(18)24-5-2/h4-13H,14H2,1-3H3/b18-4+,24-5-. The molecule has 0 radical (unpaired) electrons. The molecule has 0 aromatic heterocycles. The number of benzene rings is 2. The van der Waals surface area contributed by atoms with Gasteiger partial charge in [-0.15, -0.1) is 0 Å². The highest BCUT2D eigenvalue weighted by Gasteiger charge is 2.36. The van der Waals surface area contributed by atoms with Crippen molar-refractivity contribution >= 4 is 39.6 Å². The molecule has 0 amide bonds. The maximum atomic E-state index is 12.7. The fraction of sp³-hybridized carbons (Fsp3) is 0.182. The van der Waals surface area contributed by atoms with E-state index in [1.807, 2.05) is 61.5 Å². The number of carbonyl (C=O) groups excluding carboxylic acids is 1. The Morgan fingerprint density at radius 1 is 1.14 bits per heavy atom. The molecule has 0 N–H and O–H groups in total. The molecular formula is C22H21BrN2O3. The fourth-order valence-electron chi connectivity index (χ4n) is 3.08. The maximum Gasteiger partial charge on any atom is 0.360 e. The third kappa shape index (κ3) is 3.73. The minimum Gasteiger partial charge on any atom is -0.486 e. The van der Waals surface area contributed by atoms with Gasteiger partial charge >= 0.3 is 5.97 Å².